The van der Waals surface area contributed by atoms with Crippen molar-refractivity contribution in [1.82, 2.24) is 19.8 Å². The number of aryl methyl sites for hydroxylation is 2. The third-order valence-electron chi connectivity index (χ3n) is 7.58. The number of nitrogens with one attached hydrogen (secondary N) is 1. The summed E-state index contributed by atoms with van der Waals surface area (Å²) in [6.07, 6.45) is 4.41. The highest BCUT2D eigenvalue weighted by Crippen LogP contribution is 2.36. The van der Waals surface area contributed by atoms with Crippen LogP contribution in [0.15, 0.2) is 29.1 Å². The minimum absolute atomic E-state index is 0.00158. The number of carbonyl (C=O) groups is 1. The SMILES string of the molecule is COc1ccc(CCC(=O)N2CCN(C(C)c3nc4sc5c(c4c(=O)[nH]3)CCC(C)C5)CC2)cc1. The second-order valence-corrected chi connectivity index (χ2v) is 11.0. The second-order valence-electron chi connectivity index (χ2n) is 9.92. The Morgan fingerprint density at radius 3 is 2.69 bits per heavy atom. The summed E-state index contributed by atoms with van der Waals surface area (Å²) in [4.78, 5) is 40.2. The van der Waals surface area contributed by atoms with E-state index < -0.39 is 0 Å². The Kier molecular flexibility index (Phi) is 6.93. The van der Waals surface area contributed by atoms with Gasteiger partial charge in [0.2, 0.25) is 5.91 Å². The minimum Gasteiger partial charge on any atom is -0.497 e. The first-order chi connectivity index (χ1) is 16.9. The highest BCUT2D eigenvalue weighted by atomic mass is 32.1. The van der Waals surface area contributed by atoms with Gasteiger partial charge in [0.05, 0.1) is 18.5 Å². The smallest absolute Gasteiger partial charge is 0.259 e. The van der Waals surface area contributed by atoms with Gasteiger partial charge >= 0.3 is 0 Å². The van der Waals surface area contributed by atoms with Crippen LogP contribution in [0.3, 0.4) is 0 Å². The van der Waals surface area contributed by atoms with Gasteiger partial charge < -0.3 is 14.6 Å². The average molecular weight is 495 g/mol. The molecule has 1 aromatic carbocycles. The first-order valence-electron chi connectivity index (χ1n) is 12.6. The first kappa shape index (κ1) is 24.0. The Balaban J connectivity index is 1.20. The molecular formula is C27H34N4O3S. The Hall–Kier alpha value is -2.71. The lowest BCUT2D eigenvalue weighted by Gasteiger charge is -2.37. The number of hydrogen-bond donors (Lipinski definition) is 1. The van der Waals surface area contributed by atoms with E-state index in [1.807, 2.05) is 29.2 Å². The molecule has 0 bridgehead atoms. The van der Waals surface area contributed by atoms with Crippen LogP contribution >= 0.6 is 11.3 Å². The molecule has 5 rings (SSSR count). The Bertz CT molecular complexity index is 1260. The first-order valence-corrected chi connectivity index (χ1v) is 13.4. The fourth-order valence-electron chi connectivity index (χ4n) is 5.30. The predicted octanol–water partition coefficient (Wildman–Crippen LogP) is 3.96. The summed E-state index contributed by atoms with van der Waals surface area (Å²) in [6.45, 7) is 7.32. The van der Waals surface area contributed by atoms with Gasteiger partial charge in [-0.1, -0.05) is 19.1 Å². The lowest BCUT2D eigenvalue weighted by molar-refractivity contribution is -0.133. The molecule has 186 valence electrons. The van der Waals surface area contributed by atoms with Crippen molar-refractivity contribution in [1.29, 1.82) is 0 Å². The number of aromatic nitrogens is 2. The van der Waals surface area contributed by atoms with Crippen LogP contribution in [0.1, 0.15) is 54.6 Å². The van der Waals surface area contributed by atoms with Crippen molar-refractivity contribution >= 4 is 27.5 Å². The Labute approximate surface area is 210 Å². The van der Waals surface area contributed by atoms with E-state index in [1.165, 1.54) is 10.4 Å². The van der Waals surface area contributed by atoms with E-state index in [0.717, 1.165) is 66.1 Å². The van der Waals surface area contributed by atoms with Crippen LogP contribution in [-0.4, -0.2) is 59.0 Å². The number of benzene rings is 1. The Morgan fingerprint density at radius 1 is 1.23 bits per heavy atom. The summed E-state index contributed by atoms with van der Waals surface area (Å²) in [5.41, 5.74) is 2.36. The van der Waals surface area contributed by atoms with Crippen LogP contribution in [0.25, 0.3) is 10.2 Å². The number of methoxy groups -OCH3 is 1. The number of hydrogen-bond acceptors (Lipinski definition) is 6. The number of amides is 1. The number of fused-ring (bicyclic) bond motifs is 3. The normalized spacial score (nSPS) is 19.5. The van der Waals surface area contributed by atoms with Crippen molar-refractivity contribution in [3.63, 3.8) is 0 Å². The summed E-state index contributed by atoms with van der Waals surface area (Å²) in [7, 11) is 1.65. The summed E-state index contributed by atoms with van der Waals surface area (Å²) in [6, 6.07) is 7.90. The molecule has 0 spiro atoms. The zero-order valence-electron chi connectivity index (χ0n) is 20.8. The van der Waals surface area contributed by atoms with E-state index in [2.05, 4.69) is 23.7 Å². The van der Waals surface area contributed by atoms with Gasteiger partial charge in [0, 0.05) is 37.5 Å². The van der Waals surface area contributed by atoms with E-state index in [9.17, 15) is 9.59 Å². The van der Waals surface area contributed by atoms with Crippen molar-refractivity contribution in [3.8, 4) is 5.75 Å². The lowest BCUT2D eigenvalue weighted by atomic mass is 9.89. The fourth-order valence-corrected chi connectivity index (χ4v) is 6.69. The standard InChI is InChI=1S/C27H34N4O3S/c1-17-4-10-21-22(16-17)35-27-24(21)26(33)28-25(29-27)18(2)30-12-14-31(15-13-30)23(32)11-7-19-5-8-20(34-3)9-6-19/h5-6,8-9,17-18H,4,7,10-16H2,1-3H3,(H,28,29,33). The maximum Gasteiger partial charge on any atom is 0.259 e. The van der Waals surface area contributed by atoms with Crippen molar-refractivity contribution in [2.24, 2.45) is 5.92 Å². The number of thiophene rings is 1. The van der Waals surface area contributed by atoms with Gasteiger partial charge in [-0.3, -0.25) is 14.5 Å². The topological polar surface area (TPSA) is 78.5 Å². The molecule has 1 saturated heterocycles. The van der Waals surface area contributed by atoms with E-state index >= 15 is 0 Å². The molecule has 1 aliphatic heterocycles. The molecule has 35 heavy (non-hydrogen) atoms. The summed E-state index contributed by atoms with van der Waals surface area (Å²) in [5.74, 6) is 2.42. The van der Waals surface area contributed by atoms with Crippen molar-refractivity contribution in [2.45, 2.75) is 52.0 Å². The third kappa shape index (κ3) is 5.00. The van der Waals surface area contributed by atoms with Crippen LogP contribution in [0.5, 0.6) is 5.75 Å². The second kappa shape index (κ2) is 10.1. The molecule has 1 N–H and O–H groups in total. The van der Waals surface area contributed by atoms with Gasteiger partial charge in [0.15, 0.2) is 0 Å². The molecule has 2 atom stereocenters. The monoisotopic (exact) mass is 494 g/mol. The number of rotatable bonds is 6. The number of H-pyrrole nitrogens is 1. The zero-order chi connectivity index (χ0) is 24.5. The number of nitrogens with zero attached hydrogens (tertiary/aromatic N) is 3. The van der Waals surface area contributed by atoms with Crippen molar-refractivity contribution in [2.75, 3.05) is 33.3 Å². The summed E-state index contributed by atoms with van der Waals surface area (Å²) in [5, 5.41) is 0.806. The molecule has 0 radical (unpaired) electrons. The lowest BCUT2D eigenvalue weighted by Crippen LogP contribution is -2.49. The van der Waals surface area contributed by atoms with Gasteiger partial charge in [-0.15, -0.1) is 11.3 Å². The molecule has 1 aliphatic carbocycles. The Morgan fingerprint density at radius 2 is 1.97 bits per heavy atom. The van der Waals surface area contributed by atoms with Crippen LogP contribution in [0.2, 0.25) is 0 Å². The van der Waals surface area contributed by atoms with Crippen LogP contribution < -0.4 is 10.3 Å². The maximum atomic E-state index is 13.0. The van der Waals surface area contributed by atoms with Crippen molar-refractivity contribution in [3.05, 3.63) is 56.4 Å². The number of carbonyl (C=O) groups excluding carboxylic acids is 1. The van der Waals surface area contributed by atoms with Crippen LogP contribution in [0.4, 0.5) is 0 Å². The molecule has 1 amide bonds. The van der Waals surface area contributed by atoms with Gasteiger partial charge in [-0.2, -0.15) is 0 Å². The molecule has 8 heteroatoms. The number of aromatic amines is 1. The molecule has 2 aromatic heterocycles. The zero-order valence-corrected chi connectivity index (χ0v) is 21.6. The van der Waals surface area contributed by atoms with Gasteiger partial charge in [0.1, 0.15) is 16.4 Å². The third-order valence-corrected chi connectivity index (χ3v) is 8.73. The molecule has 1 fully saturated rings. The molecule has 2 unspecified atom stereocenters. The van der Waals surface area contributed by atoms with Crippen LogP contribution in [0, 0.1) is 5.92 Å². The summed E-state index contributed by atoms with van der Waals surface area (Å²) >= 11 is 1.70. The van der Waals surface area contributed by atoms with E-state index in [4.69, 9.17) is 9.72 Å². The maximum absolute atomic E-state index is 13.0. The summed E-state index contributed by atoms with van der Waals surface area (Å²) < 4.78 is 5.20. The molecular weight excluding hydrogens is 460 g/mol. The van der Waals surface area contributed by atoms with Crippen molar-refractivity contribution < 1.29 is 9.53 Å². The van der Waals surface area contributed by atoms with E-state index in [0.29, 0.717) is 25.4 Å². The van der Waals surface area contributed by atoms with E-state index in [1.54, 1.807) is 18.4 Å². The van der Waals surface area contributed by atoms with Gasteiger partial charge in [-0.25, -0.2) is 4.98 Å². The van der Waals surface area contributed by atoms with Crippen LogP contribution in [-0.2, 0) is 24.1 Å². The molecule has 3 heterocycles. The minimum atomic E-state index is -0.00347. The average Bonchev–Trinajstić information content (AvgIpc) is 3.25. The quantitative estimate of drug-likeness (QED) is 0.561. The number of ether oxygens (including phenoxy) is 1. The van der Waals surface area contributed by atoms with Gasteiger partial charge in [-0.05, 0) is 61.8 Å². The highest BCUT2D eigenvalue weighted by molar-refractivity contribution is 7.18. The molecule has 7 nitrogen and oxygen atoms in total. The molecule has 0 saturated carbocycles. The molecule has 3 aromatic rings. The highest BCUT2D eigenvalue weighted by Gasteiger charge is 2.28. The predicted molar refractivity (Wildman–Crippen MR) is 139 cm³/mol. The van der Waals surface area contributed by atoms with E-state index in [-0.39, 0.29) is 17.5 Å². The van der Waals surface area contributed by atoms with Gasteiger partial charge in [0.25, 0.3) is 5.56 Å². The largest absolute Gasteiger partial charge is 0.497 e. The molecule has 2 aliphatic rings. The fraction of sp³-hybridized carbons (Fsp3) is 0.519. The number of piperazine rings is 1.